The highest BCUT2D eigenvalue weighted by Gasteiger charge is 2.46. The number of hydrogen-bond acceptors (Lipinski definition) is 6. The SMILES string of the molecule is CC(=O)NC1[C@H](OC(C)(C)C)OC(CO)[C@@H](O)[C@@H]1O. The normalized spacial score (nSPS) is 36.1. The fourth-order valence-corrected chi connectivity index (χ4v) is 1.92. The van der Waals surface area contributed by atoms with Crippen molar-refractivity contribution in [1.82, 2.24) is 5.32 Å². The number of rotatable bonds is 3. The first-order valence-electron chi connectivity index (χ1n) is 6.23. The minimum absolute atomic E-state index is 0.371. The zero-order valence-electron chi connectivity index (χ0n) is 11.7. The minimum atomic E-state index is -1.29. The van der Waals surface area contributed by atoms with Crippen LogP contribution in [0.15, 0.2) is 0 Å². The lowest BCUT2D eigenvalue weighted by molar-refractivity contribution is -0.292. The van der Waals surface area contributed by atoms with Crippen LogP contribution in [0, 0.1) is 0 Å². The molecule has 112 valence electrons. The summed E-state index contributed by atoms with van der Waals surface area (Å²) in [6.45, 7) is 6.24. The molecule has 1 aliphatic heterocycles. The number of aliphatic hydroxyl groups is 3. The molecule has 5 atom stereocenters. The average molecular weight is 277 g/mol. The van der Waals surface area contributed by atoms with Crippen LogP contribution in [0.2, 0.25) is 0 Å². The van der Waals surface area contributed by atoms with E-state index in [0.717, 1.165) is 0 Å². The molecule has 1 saturated heterocycles. The Bertz CT molecular complexity index is 316. The van der Waals surface area contributed by atoms with E-state index in [0.29, 0.717) is 0 Å². The predicted molar refractivity (Wildman–Crippen MR) is 66.2 cm³/mol. The van der Waals surface area contributed by atoms with Gasteiger partial charge in [0.15, 0.2) is 6.29 Å². The van der Waals surface area contributed by atoms with Crippen molar-refractivity contribution in [2.75, 3.05) is 6.61 Å². The van der Waals surface area contributed by atoms with Crippen LogP contribution in [0.5, 0.6) is 0 Å². The fraction of sp³-hybridized carbons (Fsp3) is 0.917. The number of carbonyl (C=O) groups is 1. The van der Waals surface area contributed by atoms with Gasteiger partial charge in [-0.25, -0.2) is 0 Å². The van der Waals surface area contributed by atoms with Crippen LogP contribution >= 0.6 is 0 Å². The average Bonchev–Trinajstić information content (AvgIpc) is 2.26. The van der Waals surface area contributed by atoms with Gasteiger partial charge in [-0.05, 0) is 20.8 Å². The molecule has 0 aromatic rings. The molecule has 4 N–H and O–H groups in total. The van der Waals surface area contributed by atoms with E-state index in [1.54, 1.807) is 20.8 Å². The molecule has 0 radical (unpaired) electrons. The maximum absolute atomic E-state index is 11.2. The van der Waals surface area contributed by atoms with Crippen molar-refractivity contribution in [2.24, 2.45) is 0 Å². The number of aliphatic hydroxyl groups excluding tert-OH is 3. The van der Waals surface area contributed by atoms with Crippen molar-refractivity contribution in [3.8, 4) is 0 Å². The lowest BCUT2D eigenvalue weighted by Gasteiger charge is -2.44. The van der Waals surface area contributed by atoms with Crippen molar-refractivity contribution in [3.05, 3.63) is 0 Å². The highest BCUT2D eigenvalue weighted by atomic mass is 16.7. The van der Waals surface area contributed by atoms with E-state index in [-0.39, 0.29) is 5.91 Å². The quantitative estimate of drug-likeness (QED) is 0.513. The lowest BCUT2D eigenvalue weighted by Crippen LogP contribution is -2.65. The Morgan fingerprint density at radius 1 is 1.32 bits per heavy atom. The van der Waals surface area contributed by atoms with E-state index in [4.69, 9.17) is 14.6 Å². The van der Waals surface area contributed by atoms with Gasteiger partial charge in [0.1, 0.15) is 24.4 Å². The molecule has 0 bridgehead atoms. The first-order valence-corrected chi connectivity index (χ1v) is 6.23. The molecule has 19 heavy (non-hydrogen) atoms. The van der Waals surface area contributed by atoms with Gasteiger partial charge >= 0.3 is 0 Å². The summed E-state index contributed by atoms with van der Waals surface area (Å²) >= 11 is 0. The van der Waals surface area contributed by atoms with Crippen LogP contribution in [0.1, 0.15) is 27.7 Å². The topological polar surface area (TPSA) is 108 Å². The summed E-state index contributed by atoms with van der Waals surface area (Å²) in [5.41, 5.74) is -0.566. The summed E-state index contributed by atoms with van der Waals surface area (Å²) in [6.07, 6.45) is -4.46. The van der Waals surface area contributed by atoms with Crippen LogP contribution in [0.3, 0.4) is 0 Å². The maximum Gasteiger partial charge on any atom is 0.217 e. The summed E-state index contributed by atoms with van der Waals surface area (Å²) in [5.74, 6) is -0.371. The van der Waals surface area contributed by atoms with Crippen LogP contribution in [-0.2, 0) is 14.3 Å². The molecular weight excluding hydrogens is 254 g/mol. The van der Waals surface area contributed by atoms with Crippen LogP contribution in [-0.4, -0.2) is 64.1 Å². The monoisotopic (exact) mass is 277 g/mol. The molecule has 1 amide bonds. The Hall–Kier alpha value is -0.730. The molecule has 0 spiro atoms. The standard InChI is InChI=1S/C12H23NO6/c1-6(15)13-8-10(17)9(16)7(5-14)18-11(8)19-12(2,3)4/h7-11,14,16-17H,5H2,1-4H3,(H,13,15)/t7?,8?,9-,10-,11+/m1/s1. The molecule has 1 aliphatic rings. The van der Waals surface area contributed by atoms with Gasteiger partial charge in [0, 0.05) is 6.92 Å². The molecule has 0 aromatic heterocycles. The summed E-state index contributed by atoms with van der Waals surface area (Å²) in [7, 11) is 0. The third-order valence-corrected chi connectivity index (χ3v) is 2.72. The van der Waals surface area contributed by atoms with E-state index in [1.807, 2.05) is 0 Å². The highest BCUT2D eigenvalue weighted by Crippen LogP contribution is 2.25. The van der Waals surface area contributed by atoms with E-state index >= 15 is 0 Å². The van der Waals surface area contributed by atoms with E-state index in [9.17, 15) is 15.0 Å². The summed E-state index contributed by atoms with van der Waals surface area (Å²) in [6, 6.07) is -0.894. The Morgan fingerprint density at radius 2 is 1.89 bits per heavy atom. The zero-order valence-corrected chi connectivity index (χ0v) is 11.7. The smallest absolute Gasteiger partial charge is 0.217 e. The largest absolute Gasteiger partial charge is 0.394 e. The summed E-state index contributed by atoms with van der Waals surface area (Å²) in [5, 5.41) is 31.4. The van der Waals surface area contributed by atoms with Gasteiger partial charge in [-0.1, -0.05) is 0 Å². The molecular formula is C12H23NO6. The van der Waals surface area contributed by atoms with E-state index < -0.39 is 42.9 Å². The molecule has 1 heterocycles. The second-order valence-electron chi connectivity index (χ2n) is 5.66. The third-order valence-electron chi connectivity index (χ3n) is 2.72. The number of nitrogens with one attached hydrogen (secondary N) is 1. The second-order valence-corrected chi connectivity index (χ2v) is 5.66. The maximum atomic E-state index is 11.2. The lowest BCUT2D eigenvalue weighted by atomic mass is 9.96. The highest BCUT2D eigenvalue weighted by molar-refractivity contribution is 5.73. The van der Waals surface area contributed by atoms with E-state index in [2.05, 4.69) is 5.32 Å². The number of hydrogen-bond donors (Lipinski definition) is 4. The minimum Gasteiger partial charge on any atom is -0.394 e. The van der Waals surface area contributed by atoms with Gasteiger partial charge in [-0.3, -0.25) is 4.79 Å². The third kappa shape index (κ3) is 4.39. The molecule has 7 nitrogen and oxygen atoms in total. The van der Waals surface area contributed by atoms with Gasteiger partial charge in [-0.2, -0.15) is 0 Å². The second kappa shape index (κ2) is 6.15. The first kappa shape index (κ1) is 16.3. The Balaban J connectivity index is 2.89. The van der Waals surface area contributed by atoms with Gasteiger partial charge in [0.05, 0.1) is 12.2 Å². The number of carbonyl (C=O) groups excluding carboxylic acids is 1. The first-order chi connectivity index (χ1) is 8.65. The van der Waals surface area contributed by atoms with Crippen LogP contribution < -0.4 is 5.32 Å². The molecule has 0 aliphatic carbocycles. The van der Waals surface area contributed by atoms with Gasteiger partial charge in [0.25, 0.3) is 0 Å². The number of amides is 1. The molecule has 0 saturated carbocycles. The van der Waals surface area contributed by atoms with Crippen molar-refractivity contribution >= 4 is 5.91 Å². The van der Waals surface area contributed by atoms with Crippen molar-refractivity contribution in [1.29, 1.82) is 0 Å². The molecule has 2 unspecified atom stereocenters. The van der Waals surface area contributed by atoms with Crippen LogP contribution in [0.4, 0.5) is 0 Å². The predicted octanol–water partition coefficient (Wildman–Crippen LogP) is -1.25. The van der Waals surface area contributed by atoms with Gasteiger partial charge in [0.2, 0.25) is 5.91 Å². The Labute approximate surface area is 112 Å². The molecule has 7 heteroatoms. The van der Waals surface area contributed by atoms with Crippen LogP contribution in [0.25, 0.3) is 0 Å². The Morgan fingerprint density at radius 3 is 2.32 bits per heavy atom. The van der Waals surface area contributed by atoms with Crippen molar-refractivity contribution < 1.29 is 29.6 Å². The van der Waals surface area contributed by atoms with Crippen molar-refractivity contribution in [2.45, 2.75) is 63.9 Å². The van der Waals surface area contributed by atoms with Gasteiger partial charge < -0.3 is 30.1 Å². The van der Waals surface area contributed by atoms with Crippen molar-refractivity contribution in [3.63, 3.8) is 0 Å². The molecule has 1 rings (SSSR count). The number of ether oxygens (including phenoxy) is 2. The summed E-state index contributed by atoms with van der Waals surface area (Å²) in [4.78, 5) is 11.2. The molecule has 0 aromatic carbocycles. The van der Waals surface area contributed by atoms with Gasteiger partial charge in [-0.15, -0.1) is 0 Å². The van der Waals surface area contributed by atoms with E-state index in [1.165, 1.54) is 6.92 Å². The fourth-order valence-electron chi connectivity index (χ4n) is 1.92. The summed E-state index contributed by atoms with van der Waals surface area (Å²) < 4.78 is 11.0. The molecule has 1 fully saturated rings. The zero-order chi connectivity index (χ0) is 14.8. The Kier molecular flexibility index (Phi) is 5.28.